The Hall–Kier alpha value is -1.14. The molecule has 0 amide bonds. The minimum Gasteiger partial charge on any atom is -0.248 e. The summed E-state index contributed by atoms with van der Waals surface area (Å²) < 4.78 is 28.7. The van der Waals surface area contributed by atoms with Crippen LogP contribution in [0.4, 0.5) is 8.78 Å². The Balaban J connectivity index is 2.12. The van der Waals surface area contributed by atoms with Crippen molar-refractivity contribution in [3.63, 3.8) is 0 Å². The summed E-state index contributed by atoms with van der Waals surface area (Å²) in [7, 11) is 0. The average Bonchev–Trinajstić information content (AvgIpc) is 2.59. The molecule has 1 nitrogen and oxygen atoms in total. The summed E-state index contributed by atoms with van der Waals surface area (Å²) in [5.41, 5.74) is 0.841. The van der Waals surface area contributed by atoms with E-state index in [1.165, 1.54) is 24.0 Å². The Morgan fingerprint density at radius 2 is 1.68 bits per heavy atom. The summed E-state index contributed by atoms with van der Waals surface area (Å²) in [6.45, 7) is 0. The zero-order chi connectivity index (χ0) is 18.0. The highest BCUT2D eigenvalue weighted by atomic mass is 79.9. The molecule has 0 aliphatic rings. The molecule has 0 fully saturated rings. The molecule has 3 aromatic rings. The SMILES string of the molecule is Fc1ccc(F)c(C(Sc2ccc(Cl)cc2)c2cc(Br)ncc2Cl)c1. The highest BCUT2D eigenvalue weighted by molar-refractivity contribution is 9.10. The molecule has 128 valence electrons. The smallest absolute Gasteiger partial charge is 0.128 e. The van der Waals surface area contributed by atoms with E-state index in [-0.39, 0.29) is 5.56 Å². The van der Waals surface area contributed by atoms with E-state index in [1.54, 1.807) is 18.2 Å². The van der Waals surface area contributed by atoms with Gasteiger partial charge in [-0.2, -0.15) is 0 Å². The summed E-state index contributed by atoms with van der Waals surface area (Å²) in [4.78, 5) is 4.91. The van der Waals surface area contributed by atoms with Crippen LogP contribution < -0.4 is 0 Å². The van der Waals surface area contributed by atoms with Crippen LogP contribution >= 0.6 is 50.9 Å². The van der Waals surface area contributed by atoms with Crippen molar-refractivity contribution in [2.45, 2.75) is 10.1 Å². The average molecular weight is 461 g/mol. The maximum absolute atomic E-state index is 14.4. The third kappa shape index (κ3) is 4.53. The van der Waals surface area contributed by atoms with Crippen LogP contribution in [0.15, 0.2) is 64.2 Å². The largest absolute Gasteiger partial charge is 0.248 e. The lowest BCUT2D eigenvalue weighted by molar-refractivity contribution is 0.587. The first-order valence-electron chi connectivity index (χ1n) is 7.12. The third-order valence-electron chi connectivity index (χ3n) is 3.44. The molecule has 3 rings (SSSR count). The predicted molar refractivity (Wildman–Crippen MR) is 102 cm³/mol. The van der Waals surface area contributed by atoms with Gasteiger partial charge in [0.2, 0.25) is 0 Å². The zero-order valence-electron chi connectivity index (χ0n) is 12.5. The molecule has 0 spiro atoms. The molecule has 0 bridgehead atoms. The maximum Gasteiger partial charge on any atom is 0.128 e. The molecular weight excluding hydrogens is 451 g/mol. The van der Waals surface area contributed by atoms with E-state index in [2.05, 4.69) is 20.9 Å². The van der Waals surface area contributed by atoms with Gasteiger partial charge in [0, 0.05) is 21.7 Å². The number of nitrogens with zero attached hydrogens (tertiary/aromatic N) is 1. The molecule has 0 N–H and O–H groups in total. The van der Waals surface area contributed by atoms with Crippen LogP contribution in [0.2, 0.25) is 10.0 Å². The highest BCUT2D eigenvalue weighted by Gasteiger charge is 2.23. The van der Waals surface area contributed by atoms with Gasteiger partial charge in [-0.15, -0.1) is 11.8 Å². The van der Waals surface area contributed by atoms with Crippen LogP contribution in [0.5, 0.6) is 0 Å². The fraction of sp³-hybridized carbons (Fsp3) is 0.0556. The Morgan fingerprint density at radius 1 is 0.960 bits per heavy atom. The van der Waals surface area contributed by atoms with E-state index in [0.717, 1.165) is 17.0 Å². The minimum absolute atomic E-state index is 0.208. The first-order valence-corrected chi connectivity index (χ1v) is 9.55. The molecule has 2 aromatic carbocycles. The Morgan fingerprint density at radius 3 is 2.40 bits per heavy atom. The summed E-state index contributed by atoms with van der Waals surface area (Å²) >= 11 is 16.9. The number of hydrogen-bond acceptors (Lipinski definition) is 2. The Labute approximate surface area is 166 Å². The molecule has 1 aromatic heterocycles. The van der Waals surface area contributed by atoms with Gasteiger partial charge in [0.05, 0.1) is 10.3 Å². The van der Waals surface area contributed by atoms with Crippen molar-refractivity contribution in [2.24, 2.45) is 0 Å². The lowest BCUT2D eigenvalue weighted by Gasteiger charge is -2.20. The Kier molecular flexibility index (Phi) is 6.00. The lowest BCUT2D eigenvalue weighted by Crippen LogP contribution is -2.03. The van der Waals surface area contributed by atoms with Crippen LogP contribution in [-0.4, -0.2) is 4.98 Å². The number of rotatable bonds is 4. The number of thioether (sulfide) groups is 1. The summed E-state index contributed by atoms with van der Waals surface area (Å²) in [6.07, 6.45) is 1.48. The first-order chi connectivity index (χ1) is 11.9. The lowest BCUT2D eigenvalue weighted by atomic mass is 10.0. The number of benzene rings is 2. The van der Waals surface area contributed by atoms with Crippen LogP contribution in [0.25, 0.3) is 0 Å². The predicted octanol–water partition coefficient (Wildman–Crippen LogP) is 7.31. The van der Waals surface area contributed by atoms with Crippen molar-refractivity contribution in [2.75, 3.05) is 0 Å². The quantitative estimate of drug-likeness (QED) is 0.299. The molecule has 0 aliphatic carbocycles. The second-order valence-electron chi connectivity index (χ2n) is 5.15. The molecular formula is C18H10BrCl2F2NS. The van der Waals surface area contributed by atoms with Crippen molar-refractivity contribution < 1.29 is 8.78 Å². The standard InChI is InChI=1S/C18H10BrCl2F2NS/c19-17-8-13(15(21)9-24-17)18(14-7-11(22)3-6-16(14)23)25-12-4-1-10(20)2-5-12/h1-9,18H. The summed E-state index contributed by atoms with van der Waals surface area (Å²) in [5, 5.41) is 0.421. The van der Waals surface area contributed by atoms with Crippen molar-refractivity contribution >= 4 is 50.9 Å². The van der Waals surface area contributed by atoms with Crippen LogP contribution in [0.3, 0.4) is 0 Å². The Bertz CT molecular complexity index is 855. The van der Waals surface area contributed by atoms with Gasteiger partial charge in [-0.1, -0.05) is 23.2 Å². The molecule has 1 atom stereocenters. The van der Waals surface area contributed by atoms with Gasteiger partial charge >= 0.3 is 0 Å². The van der Waals surface area contributed by atoms with Gasteiger partial charge in [0.25, 0.3) is 0 Å². The summed E-state index contributed by atoms with van der Waals surface area (Å²) in [5.74, 6) is -1.01. The molecule has 0 aliphatic heterocycles. The molecule has 0 radical (unpaired) electrons. The number of aromatic nitrogens is 1. The molecule has 1 unspecified atom stereocenters. The first kappa shape index (κ1) is 18.6. The molecule has 25 heavy (non-hydrogen) atoms. The van der Waals surface area contributed by atoms with Crippen molar-refractivity contribution in [1.82, 2.24) is 4.98 Å². The number of pyridine rings is 1. The van der Waals surface area contributed by atoms with Crippen molar-refractivity contribution in [3.05, 3.63) is 92.1 Å². The maximum atomic E-state index is 14.4. The van der Waals surface area contributed by atoms with E-state index in [0.29, 0.717) is 20.2 Å². The molecule has 0 saturated carbocycles. The van der Waals surface area contributed by atoms with Gasteiger partial charge in [-0.05, 0) is 70.0 Å². The zero-order valence-corrected chi connectivity index (χ0v) is 16.4. The normalized spacial score (nSPS) is 12.2. The number of hydrogen-bond donors (Lipinski definition) is 0. The van der Waals surface area contributed by atoms with Gasteiger partial charge in [-0.3, -0.25) is 0 Å². The highest BCUT2D eigenvalue weighted by Crippen LogP contribution is 2.44. The fourth-order valence-corrected chi connectivity index (χ4v) is 4.23. The van der Waals surface area contributed by atoms with E-state index in [4.69, 9.17) is 23.2 Å². The van der Waals surface area contributed by atoms with E-state index in [1.807, 2.05) is 12.1 Å². The minimum atomic E-state index is -0.552. The van der Waals surface area contributed by atoms with Gasteiger partial charge in [-0.25, -0.2) is 13.8 Å². The van der Waals surface area contributed by atoms with E-state index < -0.39 is 16.9 Å². The third-order valence-corrected chi connectivity index (χ3v) is 5.73. The van der Waals surface area contributed by atoms with Gasteiger partial charge in [0.15, 0.2) is 0 Å². The molecule has 7 heteroatoms. The van der Waals surface area contributed by atoms with E-state index in [9.17, 15) is 8.78 Å². The number of halogens is 5. The van der Waals surface area contributed by atoms with E-state index >= 15 is 0 Å². The molecule has 0 saturated heterocycles. The monoisotopic (exact) mass is 459 g/mol. The second-order valence-corrected chi connectivity index (χ2v) is 7.98. The second kappa shape index (κ2) is 8.04. The molecule has 1 heterocycles. The van der Waals surface area contributed by atoms with Gasteiger partial charge in [0.1, 0.15) is 16.2 Å². The van der Waals surface area contributed by atoms with Gasteiger partial charge < -0.3 is 0 Å². The topological polar surface area (TPSA) is 12.9 Å². The van der Waals surface area contributed by atoms with Crippen LogP contribution in [0.1, 0.15) is 16.4 Å². The van der Waals surface area contributed by atoms with Crippen LogP contribution in [0, 0.1) is 11.6 Å². The van der Waals surface area contributed by atoms with Crippen molar-refractivity contribution in [3.8, 4) is 0 Å². The fourth-order valence-electron chi connectivity index (χ4n) is 2.29. The summed E-state index contributed by atoms with van der Waals surface area (Å²) in [6, 6.07) is 12.2. The van der Waals surface area contributed by atoms with Crippen molar-refractivity contribution in [1.29, 1.82) is 0 Å². The van der Waals surface area contributed by atoms with Crippen LogP contribution in [-0.2, 0) is 0 Å².